The normalized spacial score (nSPS) is 14.7. The van der Waals surface area contributed by atoms with Crippen LogP contribution in [-0.2, 0) is 10.8 Å². The summed E-state index contributed by atoms with van der Waals surface area (Å²) >= 11 is 0. The van der Waals surface area contributed by atoms with Gasteiger partial charge < -0.3 is 14.6 Å². The molecule has 1 aromatic heterocycles. The Morgan fingerprint density at radius 1 is 0.464 bits per heavy atom. The van der Waals surface area contributed by atoms with Crippen molar-refractivity contribution < 1.29 is 4.42 Å². The van der Waals surface area contributed by atoms with Crippen molar-refractivity contribution in [3.8, 4) is 33.4 Å². The van der Waals surface area contributed by atoms with Gasteiger partial charge in [0, 0.05) is 50.8 Å². The smallest absolute Gasteiger partial charge is 0.198 e. The van der Waals surface area contributed by atoms with E-state index in [0.29, 0.717) is 0 Å². The minimum atomic E-state index is 0.0818. The SMILES string of the molecule is Cc1cc(-c2ccccc2)ccc1N1c2cc3oc4cc5c(cc4c3cc2Bc2c1cc1ccccc1c2-c1c(Nc2ccc(-c3ccccc3)cc2)ccc2ccccc12)C(C)(C)CCC5(C)C. The second kappa shape index (κ2) is 15.6. The van der Waals surface area contributed by atoms with Crippen LogP contribution in [0, 0.1) is 6.92 Å². The van der Waals surface area contributed by atoms with E-state index in [4.69, 9.17) is 4.42 Å². The molecule has 69 heavy (non-hydrogen) atoms. The quantitative estimate of drug-likeness (QED) is 0.169. The summed E-state index contributed by atoms with van der Waals surface area (Å²) in [5.41, 5.74) is 21.6. The molecule has 13 rings (SSSR count). The number of benzene rings is 10. The number of hydrogen-bond acceptors (Lipinski definition) is 3. The highest BCUT2D eigenvalue weighted by atomic mass is 16.3. The Kier molecular flexibility index (Phi) is 9.37. The monoisotopic (exact) mass is 888 g/mol. The fraction of sp³-hybridized carbons (Fsp3) is 0.138. The van der Waals surface area contributed by atoms with Gasteiger partial charge in [0.2, 0.25) is 0 Å². The first-order valence-corrected chi connectivity index (χ1v) is 24.6. The van der Waals surface area contributed by atoms with Crippen LogP contribution in [0.1, 0.15) is 57.2 Å². The van der Waals surface area contributed by atoms with Crippen LogP contribution in [0.25, 0.3) is 76.9 Å². The maximum atomic E-state index is 7.01. The Labute approximate surface area is 405 Å². The van der Waals surface area contributed by atoms with Gasteiger partial charge in [-0.15, -0.1) is 0 Å². The number of furan rings is 1. The first-order chi connectivity index (χ1) is 33.6. The van der Waals surface area contributed by atoms with Crippen molar-refractivity contribution in [3.05, 3.63) is 211 Å². The summed E-state index contributed by atoms with van der Waals surface area (Å²) in [6.07, 6.45) is 2.33. The Bertz CT molecular complexity index is 3850. The lowest BCUT2D eigenvalue weighted by Crippen LogP contribution is -2.41. The molecule has 10 aromatic carbocycles. The van der Waals surface area contributed by atoms with Gasteiger partial charge in [-0.1, -0.05) is 173 Å². The molecule has 0 bridgehead atoms. The zero-order valence-corrected chi connectivity index (χ0v) is 40.0. The van der Waals surface area contributed by atoms with E-state index in [-0.39, 0.29) is 10.8 Å². The van der Waals surface area contributed by atoms with Crippen molar-refractivity contribution in [3.63, 3.8) is 0 Å². The molecule has 0 saturated heterocycles. The lowest BCUT2D eigenvalue weighted by atomic mass is 9.57. The van der Waals surface area contributed by atoms with Gasteiger partial charge >= 0.3 is 0 Å². The van der Waals surface area contributed by atoms with Crippen LogP contribution >= 0.6 is 0 Å². The van der Waals surface area contributed by atoms with Gasteiger partial charge in [0.25, 0.3) is 0 Å². The van der Waals surface area contributed by atoms with E-state index in [1.54, 1.807) is 0 Å². The summed E-state index contributed by atoms with van der Waals surface area (Å²) in [6.45, 7) is 11.9. The van der Waals surface area contributed by atoms with E-state index in [1.807, 2.05) is 0 Å². The average Bonchev–Trinajstić information content (AvgIpc) is 3.73. The number of anilines is 5. The van der Waals surface area contributed by atoms with Crippen molar-refractivity contribution in [2.75, 3.05) is 10.2 Å². The van der Waals surface area contributed by atoms with Crippen molar-refractivity contribution in [2.24, 2.45) is 0 Å². The number of nitrogens with zero attached hydrogens (tertiary/aromatic N) is 1. The number of aryl methyl sites for hydroxylation is 1. The van der Waals surface area contributed by atoms with Crippen molar-refractivity contribution in [1.82, 2.24) is 0 Å². The molecule has 2 aliphatic rings. The summed E-state index contributed by atoms with van der Waals surface area (Å²) in [5.74, 6) is 0. The lowest BCUT2D eigenvalue weighted by Gasteiger charge is -2.41. The molecule has 1 aliphatic heterocycles. The van der Waals surface area contributed by atoms with Crippen LogP contribution in [0.15, 0.2) is 199 Å². The van der Waals surface area contributed by atoms with Crippen LogP contribution in [-0.4, -0.2) is 7.28 Å². The third-order valence-corrected chi connectivity index (χ3v) is 15.6. The molecule has 2 heterocycles. The maximum absolute atomic E-state index is 7.01. The second-order valence-corrected chi connectivity index (χ2v) is 20.9. The van der Waals surface area contributed by atoms with E-state index >= 15 is 0 Å². The van der Waals surface area contributed by atoms with Crippen LogP contribution in [0.2, 0.25) is 0 Å². The molecule has 0 unspecified atom stereocenters. The van der Waals surface area contributed by atoms with Gasteiger partial charge in [-0.2, -0.15) is 0 Å². The number of hydrogen-bond donors (Lipinski definition) is 1. The summed E-state index contributed by atoms with van der Waals surface area (Å²) in [6, 6.07) is 71.6. The van der Waals surface area contributed by atoms with Gasteiger partial charge in [0.1, 0.15) is 11.2 Å². The molecule has 0 radical (unpaired) electrons. The van der Waals surface area contributed by atoms with E-state index in [1.165, 1.54) is 105 Å². The van der Waals surface area contributed by atoms with Crippen LogP contribution < -0.4 is 21.1 Å². The maximum Gasteiger partial charge on any atom is 0.198 e. The summed E-state index contributed by atoms with van der Waals surface area (Å²) in [7, 11) is 0.753. The predicted molar refractivity (Wildman–Crippen MR) is 296 cm³/mol. The fourth-order valence-corrected chi connectivity index (χ4v) is 11.8. The number of fused-ring (bicyclic) bond motifs is 8. The number of nitrogens with one attached hydrogen (secondary N) is 1. The minimum absolute atomic E-state index is 0.0818. The standard InChI is InChI=1S/C65H53BN2O/c1-40-34-45(42-18-10-7-11-19-42)27-31-56(40)68-57-39-60-51(50-36-52-53(38-59(50)69-60)65(4,5)33-32-64(52,2)3)37-54(57)66-63-58(68)35-46-21-13-15-23-49(46)62(63)61-48-22-14-12-20-44(48)26-30-55(61)67-47-28-24-43(25-29-47)41-16-8-6-9-17-41/h6-31,34-39,66-67H,32-33H2,1-5H3. The molecular formula is C65H53BN2O. The second-order valence-electron chi connectivity index (χ2n) is 20.9. The van der Waals surface area contributed by atoms with Crippen molar-refractivity contribution in [1.29, 1.82) is 0 Å². The van der Waals surface area contributed by atoms with Crippen LogP contribution in [0.4, 0.5) is 28.4 Å². The molecule has 1 N–H and O–H groups in total. The first kappa shape index (κ1) is 41.4. The van der Waals surface area contributed by atoms with E-state index in [2.05, 4.69) is 239 Å². The topological polar surface area (TPSA) is 28.4 Å². The molecule has 0 fully saturated rings. The summed E-state index contributed by atoms with van der Waals surface area (Å²) < 4.78 is 7.01. The average molecular weight is 889 g/mol. The Morgan fingerprint density at radius 3 is 1.75 bits per heavy atom. The first-order valence-electron chi connectivity index (χ1n) is 24.6. The van der Waals surface area contributed by atoms with E-state index in [0.717, 1.165) is 47.6 Å². The molecule has 0 saturated carbocycles. The summed E-state index contributed by atoms with van der Waals surface area (Å²) in [4.78, 5) is 2.54. The molecule has 11 aromatic rings. The molecule has 0 amide bonds. The minimum Gasteiger partial charge on any atom is -0.456 e. The lowest BCUT2D eigenvalue weighted by molar-refractivity contribution is 0.332. The van der Waals surface area contributed by atoms with Gasteiger partial charge in [-0.3, -0.25) is 0 Å². The third-order valence-electron chi connectivity index (χ3n) is 15.6. The molecule has 4 heteroatoms. The van der Waals surface area contributed by atoms with Crippen molar-refractivity contribution in [2.45, 2.75) is 58.3 Å². The number of rotatable bonds is 6. The Hall–Kier alpha value is -7.82. The molecule has 332 valence electrons. The highest BCUT2D eigenvalue weighted by molar-refractivity contribution is 6.74. The molecule has 1 aliphatic carbocycles. The highest BCUT2D eigenvalue weighted by Crippen LogP contribution is 2.50. The Balaban J connectivity index is 1.07. The zero-order valence-electron chi connectivity index (χ0n) is 40.0. The van der Waals surface area contributed by atoms with Gasteiger partial charge in [-0.25, -0.2) is 0 Å². The zero-order chi connectivity index (χ0) is 46.6. The molecule has 0 atom stereocenters. The van der Waals surface area contributed by atoms with E-state index < -0.39 is 0 Å². The summed E-state index contributed by atoms with van der Waals surface area (Å²) in [5, 5.41) is 11.2. The van der Waals surface area contributed by atoms with Gasteiger partial charge in [-0.05, 0) is 151 Å². The third kappa shape index (κ3) is 6.79. The highest BCUT2D eigenvalue weighted by Gasteiger charge is 2.38. The molecule has 0 spiro atoms. The predicted octanol–water partition coefficient (Wildman–Crippen LogP) is 16.5. The molecule has 3 nitrogen and oxygen atoms in total. The van der Waals surface area contributed by atoms with Crippen LogP contribution in [0.3, 0.4) is 0 Å². The van der Waals surface area contributed by atoms with Crippen LogP contribution in [0.5, 0.6) is 0 Å². The van der Waals surface area contributed by atoms with Gasteiger partial charge in [0.15, 0.2) is 7.28 Å². The Morgan fingerprint density at radius 2 is 1.04 bits per heavy atom. The largest absolute Gasteiger partial charge is 0.456 e. The van der Waals surface area contributed by atoms with Crippen molar-refractivity contribution >= 4 is 90.1 Å². The van der Waals surface area contributed by atoms with E-state index in [9.17, 15) is 0 Å². The van der Waals surface area contributed by atoms with Gasteiger partial charge in [0.05, 0.1) is 0 Å². The fourth-order valence-electron chi connectivity index (χ4n) is 11.8. The molecular weight excluding hydrogens is 836 g/mol.